The maximum Gasteiger partial charge on any atom is 0.250 e. The molecule has 0 aliphatic carbocycles. The molecular weight excluding hydrogens is 122 g/mol. The number of nitrogens with zero attached hydrogens (tertiary/aromatic N) is 1. The van der Waals surface area contributed by atoms with Gasteiger partial charge in [-0.15, -0.1) is 0 Å². The molecule has 0 spiro atoms. The molecule has 1 atom stereocenters. The zero-order valence-electron chi connectivity index (χ0n) is 4.78. The third kappa shape index (κ3) is 1.26. The molecule has 1 rings (SSSR count). The van der Waals surface area contributed by atoms with Crippen LogP contribution in [0.1, 0.15) is 0 Å². The Morgan fingerprint density at radius 1 is 2.00 bits per heavy atom. The summed E-state index contributed by atoms with van der Waals surface area (Å²) in [7, 11) is 0. The first kappa shape index (κ1) is 6.22. The van der Waals surface area contributed by atoms with Crippen molar-refractivity contribution in [3.63, 3.8) is 0 Å². The molecule has 0 saturated heterocycles. The summed E-state index contributed by atoms with van der Waals surface area (Å²) in [5.41, 5.74) is 0. The van der Waals surface area contributed by atoms with Gasteiger partial charge < -0.3 is 9.84 Å². The molecule has 1 unspecified atom stereocenters. The monoisotopic (exact) mass is 129 g/mol. The van der Waals surface area contributed by atoms with E-state index in [4.69, 9.17) is 9.84 Å². The maximum absolute atomic E-state index is 9.93. The van der Waals surface area contributed by atoms with Crippen molar-refractivity contribution in [1.82, 2.24) is 0 Å². The van der Waals surface area contributed by atoms with Crippen molar-refractivity contribution < 1.29 is 14.6 Å². The SMILES string of the molecule is O=CC1=NCC(CO)O1. The molecule has 1 aliphatic heterocycles. The molecule has 4 nitrogen and oxygen atoms in total. The van der Waals surface area contributed by atoms with Crippen molar-refractivity contribution in [3.05, 3.63) is 0 Å². The minimum absolute atomic E-state index is 0.0825. The predicted octanol–water partition coefficient (Wildman–Crippen LogP) is -1.03. The molecule has 50 valence electrons. The van der Waals surface area contributed by atoms with Crippen molar-refractivity contribution in [2.24, 2.45) is 4.99 Å². The summed E-state index contributed by atoms with van der Waals surface area (Å²) in [6.45, 7) is 0.311. The summed E-state index contributed by atoms with van der Waals surface area (Å²) < 4.78 is 4.79. The first-order valence-corrected chi connectivity index (χ1v) is 2.64. The normalized spacial score (nSPS) is 25.0. The van der Waals surface area contributed by atoms with Crippen LogP contribution in [0.25, 0.3) is 0 Å². The highest BCUT2D eigenvalue weighted by molar-refractivity contribution is 6.24. The number of hydrogen-bond donors (Lipinski definition) is 1. The van der Waals surface area contributed by atoms with Crippen LogP contribution in [0.3, 0.4) is 0 Å². The van der Waals surface area contributed by atoms with Gasteiger partial charge in [-0.1, -0.05) is 0 Å². The number of ether oxygens (including phenoxy) is 1. The smallest absolute Gasteiger partial charge is 0.250 e. The summed E-state index contributed by atoms with van der Waals surface area (Å²) >= 11 is 0. The van der Waals surface area contributed by atoms with Crippen LogP contribution < -0.4 is 0 Å². The second kappa shape index (κ2) is 2.59. The molecule has 0 aromatic rings. The quantitative estimate of drug-likeness (QED) is 0.485. The van der Waals surface area contributed by atoms with Crippen molar-refractivity contribution in [2.75, 3.05) is 13.2 Å². The molecule has 1 heterocycles. The highest BCUT2D eigenvalue weighted by Gasteiger charge is 2.17. The Labute approximate surface area is 52.2 Å². The summed E-state index contributed by atoms with van der Waals surface area (Å²) in [6.07, 6.45) is 0.237. The lowest BCUT2D eigenvalue weighted by atomic mass is 10.4. The van der Waals surface area contributed by atoms with Crippen LogP contribution in [0.15, 0.2) is 4.99 Å². The van der Waals surface area contributed by atoms with Gasteiger partial charge in [-0.25, -0.2) is 4.99 Å². The average Bonchev–Trinajstić information content (AvgIpc) is 2.34. The van der Waals surface area contributed by atoms with E-state index in [1.165, 1.54) is 0 Å². The average molecular weight is 129 g/mol. The van der Waals surface area contributed by atoms with Crippen molar-refractivity contribution in [3.8, 4) is 0 Å². The third-order valence-corrected chi connectivity index (χ3v) is 1.04. The summed E-state index contributed by atoms with van der Waals surface area (Å²) in [4.78, 5) is 13.6. The van der Waals surface area contributed by atoms with Crippen molar-refractivity contribution in [1.29, 1.82) is 0 Å². The van der Waals surface area contributed by atoms with E-state index in [0.29, 0.717) is 12.8 Å². The van der Waals surface area contributed by atoms with Crippen LogP contribution in [0, 0.1) is 0 Å². The zero-order valence-corrected chi connectivity index (χ0v) is 4.78. The van der Waals surface area contributed by atoms with E-state index in [1.807, 2.05) is 0 Å². The van der Waals surface area contributed by atoms with Gasteiger partial charge in [0.1, 0.15) is 6.10 Å². The molecule has 9 heavy (non-hydrogen) atoms. The summed E-state index contributed by atoms with van der Waals surface area (Å²) in [5.74, 6) is 0.0917. The van der Waals surface area contributed by atoms with Crippen LogP contribution in [-0.4, -0.2) is 36.5 Å². The van der Waals surface area contributed by atoms with E-state index in [-0.39, 0.29) is 18.6 Å². The Bertz CT molecular complexity index is 143. The minimum Gasteiger partial charge on any atom is -0.468 e. The molecule has 0 fully saturated rings. The zero-order chi connectivity index (χ0) is 6.69. The highest BCUT2D eigenvalue weighted by atomic mass is 16.5. The molecular formula is C5H7NO3. The Kier molecular flexibility index (Phi) is 1.79. The third-order valence-electron chi connectivity index (χ3n) is 1.04. The standard InChI is InChI=1S/C5H7NO3/c7-2-4-1-6-5(3-8)9-4/h3-4,7H,1-2H2. The lowest BCUT2D eigenvalue weighted by Crippen LogP contribution is -2.17. The molecule has 1 N–H and O–H groups in total. The number of hydrogen-bond acceptors (Lipinski definition) is 4. The topological polar surface area (TPSA) is 58.9 Å². The molecule has 0 amide bonds. The maximum atomic E-state index is 9.93. The number of carbonyl (C=O) groups excluding carboxylic acids is 1. The van der Waals surface area contributed by atoms with Gasteiger partial charge >= 0.3 is 0 Å². The van der Waals surface area contributed by atoms with Gasteiger partial charge in [-0.05, 0) is 0 Å². The molecule has 0 bridgehead atoms. The van der Waals surface area contributed by atoms with Gasteiger partial charge in [-0.2, -0.15) is 0 Å². The van der Waals surface area contributed by atoms with Gasteiger partial charge in [0.2, 0.25) is 6.29 Å². The van der Waals surface area contributed by atoms with Crippen molar-refractivity contribution in [2.45, 2.75) is 6.10 Å². The van der Waals surface area contributed by atoms with Gasteiger partial charge in [0.15, 0.2) is 0 Å². The first-order chi connectivity index (χ1) is 4.36. The second-order valence-corrected chi connectivity index (χ2v) is 1.72. The fraction of sp³-hybridized carbons (Fsp3) is 0.600. The van der Waals surface area contributed by atoms with Crippen LogP contribution in [0.2, 0.25) is 0 Å². The number of aliphatic hydroxyl groups is 1. The fourth-order valence-corrected chi connectivity index (χ4v) is 0.597. The van der Waals surface area contributed by atoms with Gasteiger partial charge in [0, 0.05) is 0 Å². The van der Waals surface area contributed by atoms with Gasteiger partial charge in [0.05, 0.1) is 13.2 Å². The number of aliphatic hydroxyl groups excluding tert-OH is 1. The van der Waals surface area contributed by atoms with Crippen LogP contribution in [0.5, 0.6) is 0 Å². The van der Waals surface area contributed by atoms with E-state index in [1.54, 1.807) is 0 Å². The predicted molar refractivity (Wildman–Crippen MR) is 30.3 cm³/mol. The molecule has 0 saturated carbocycles. The molecule has 0 aromatic heterocycles. The number of aldehydes is 1. The Morgan fingerprint density at radius 2 is 2.78 bits per heavy atom. The fourth-order valence-electron chi connectivity index (χ4n) is 0.597. The molecule has 1 aliphatic rings. The Hall–Kier alpha value is -0.900. The van der Waals surface area contributed by atoms with E-state index in [9.17, 15) is 4.79 Å². The van der Waals surface area contributed by atoms with Gasteiger partial charge in [0.25, 0.3) is 5.90 Å². The van der Waals surface area contributed by atoms with Crippen LogP contribution in [-0.2, 0) is 9.53 Å². The summed E-state index contributed by atoms with van der Waals surface area (Å²) in [5, 5.41) is 8.47. The molecule has 0 aromatic carbocycles. The van der Waals surface area contributed by atoms with Crippen LogP contribution in [0.4, 0.5) is 0 Å². The molecule has 4 heteroatoms. The van der Waals surface area contributed by atoms with Gasteiger partial charge in [-0.3, -0.25) is 4.79 Å². The first-order valence-electron chi connectivity index (χ1n) is 2.64. The Balaban J connectivity index is 2.39. The largest absolute Gasteiger partial charge is 0.468 e. The number of carbonyl (C=O) groups is 1. The summed E-state index contributed by atoms with van der Waals surface area (Å²) in [6, 6.07) is 0. The number of rotatable bonds is 2. The molecule has 0 radical (unpaired) electrons. The van der Waals surface area contributed by atoms with E-state index >= 15 is 0 Å². The lowest BCUT2D eigenvalue weighted by Gasteiger charge is -2.02. The lowest BCUT2D eigenvalue weighted by molar-refractivity contribution is -0.104. The Morgan fingerprint density at radius 3 is 3.11 bits per heavy atom. The van der Waals surface area contributed by atoms with E-state index < -0.39 is 0 Å². The van der Waals surface area contributed by atoms with E-state index in [2.05, 4.69) is 4.99 Å². The van der Waals surface area contributed by atoms with Crippen LogP contribution >= 0.6 is 0 Å². The number of aliphatic imine (C=N–C) groups is 1. The van der Waals surface area contributed by atoms with E-state index in [0.717, 1.165) is 0 Å². The highest BCUT2D eigenvalue weighted by Crippen LogP contribution is 2.00. The minimum atomic E-state index is -0.301. The van der Waals surface area contributed by atoms with Crippen molar-refractivity contribution >= 4 is 12.2 Å². The second-order valence-electron chi connectivity index (χ2n) is 1.72.